The minimum atomic E-state index is 1.09. The molecule has 2 aromatic rings. The van der Waals surface area contributed by atoms with Crippen molar-refractivity contribution in [3.05, 3.63) is 71.8 Å². The lowest BCUT2D eigenvalue weighted by Gasteiger charge is -1.91. The lowest BCUT2D eigenvalue weighted by Crippen LogP contribution is -1.71. The zero-order valence-electron chi connectivity index (χ0n) is 7.77. The summed E-state index contributed by atoms with van der Waals surface area (Å²) < 4.78 is 0. The van der Waals surface area contributed by atoms with Crippen molar-refractivity contribution >= 4 is 12.2 Å². The Balaban J connectivity index is 2.16. The van der Waals surface area contributed by atoms with Gasteiger partial charge in [-0.25, -0.2) is 0 Å². The van der Waals surface area contributed by atoms with Gasteiger partial charge in [-0.15, -0.1) is 0 Å². The standard InChI is InChI=1S/C14H10/c1-3-7-13(8-4-1)11-12-14-9-5-2-6-10-14/h1-7,9,11-12H/b12-11+. The van der Waals surface area contributed by atoms with Gasteiger partial charge in [-0.1, -0.05) is 60.7 Å². The quantitative estimate of drug-likeness (QED) is 0.618. The Kier molecular flexibility index (Phi) is 2.77. The molecule has 0 saturated carbocycles. The summed E-state index contributed by atoms with van der Waals surface area (Å²) in [6.07, 6.45) is 4.07. The van der Waals surface area contributed by atoms with Crippen LogP contribution in [0.25, 0.3) is 12.2 Å². The average molecular weight is 178 g/mol. The Labute approximate surface area is 84.5 Å². The fourth-order valence-corrected chi connectivity index (χ4v) is 1.20. The molecule has 0 amide bonds. The van der Waals surface area contributed by atoms with Gasteiger partial charge in [0.25, 0.3) is 0 Å². The van der Waals surface area contributed by atoms with Crippen molar-refractivity contribution in [1.82, 2.24) is 0 Å². The van der Waals surface area contributed by atoms with Crippen LogP contribution >= 0.6 is 0 Å². The summed E-state index contributed by atoms with van der Waals surface area (Å²) in [7, 11) is 0. The van der Waals surface area contributed by atoms with Crippen LogP contribution in [0.2, 0.25) is 0 Å². The molecule has 2 rings (SSSR count). The monoisotopic (exact) mass is 178 g/mol. The number of benzene rings is 2. The van der Waals surface area contributed by atoms with E-state index in [4.69, 9.17) is 0 Å². The largest absolute Gasteiger partial charge is 0.0616 e. The van der Waals surface area contributed by atoms with Crippen molar-refractivity contribution in [2.24, 2.45) is 0 Å². The molecule has 0 heterocycles. The van der Waals surface area contributed by atoms with E-state index >= 15 is 0 Å². The van der Waals surface area contributed by atoms with Gasteiger partial charge in [0.05, 0.1) is 0 Å². The molecule has 0 unspecified atom stereocenters. The molecule has 0 aliphatic carbocycles. The summed E-state index contributed by atoms with van der Waals surface area (Å²) in [4.78, 5) is 0. The third-order valence-corrected chi connectivity index (χ3v) is 1.91. The van der Waals surface area contributed by atoms with Crippen molar-refractivity contribution in [3.8, 4) is 0 Å². The van der Waals surface area contributed by atoms with Gasteiger partial charge in [0.1, 0.15) is 0 Å². The lowest BCUT2D eigenvalue weighted by molar-refractivity contribution is 1.63. The van der Waals surface area contributed by atoms with E-state index in [2.05, 4.69) is 12.1 Å². The van der Waals surface area contributed by atoms with Crippen LogP contribution in [0.4, 0.5) is 0 Å². The van der Waals surface area contributed by atoms with E-state index in [9.17, 15) is 0 Å². The molecule has 0 fully saturated rings. The average Bonchev–Trinajstić information content (AvgIpc) is 2.29. The zero-order valence-corrected chi connectivity index (χ0v) is 7.77. The topological polar surface area (TPSA) is 0 Å². The highest BCUT2D eigenvalue weighted by molar-refractivity contribution is 5.68. The van der Waals surface area contributed by atoms with Crippen LogP contribution in [0.1, 0.15) is 11.1 Å². The Morgan fingerprint density at radius 1 is 0.714 bits per heavy atom. The van der Waals surface area contributed by atoms with Crippen molar-refractivity contribution in [3.63, 3.8) is 0 Å². The van der Waals surface area contributed by atoms with Crippen molar-refractivity contribution in [2.45, 2.75) is 0 Å². The summed E-state index contributed by atoms with van der Waals surface area (Å²) in [5.41, 5.74) is 2.18. The zero-order chi connectivity index (χ0) is 9.64. The summed E-state index contributed by atoms with van der Waals surface area (Å²) >= 11 is 0. The first-order valence-electron chi connectivity index (χ1n) is 4.57. The van der Waals surface area contributed by atoms with Gasteiger partial charge in [-0.2, -0.15) is 0 Å². The first-order valence-corrected chi connectivity index (χ1v) is 4.57. The Morgan fingerprint density at radius 3 is 1.57 bits per heavy atom. The van der Waals surface area contributed by atoms with E-state index in [0.717, 1.165) is 11.1 Å². The highest BCUT2D eigenvalue weighted by Crippen LogP contribution is 2.05. The van der Waals surface area contributed by atoms with Crippen molar-refractivity contribution in [1.29, 1.82) is 0 Å². The summed E-state index contributed by atoms with van der Waals surface area (Å²) in [6.45, 7) is 0. The van der Waals surface area contributed by atoms with E-state index in [0.29, 0.717) is 0 Å². The number of rotatable bonds is 2. The molecule has 0 heteroatoms. The van der Waals surface area contributed by atoms with Crippen molar-refractivity contribution < 1.29 is 0 Å². The summed E-state index contributed by atoms with van der Waals surface area (Å²) in [5.74, 6) is 0. The molecule has 0 aromatic heterocycles. The van der Waals surface area contributed by atoms with Crippen LogP contribution in [0.15, 0.2) is 48.5 Å². The Bertz CT molecular complexity index is 357. The lowest BCUT2D eigenvalue weighted by atomic mass is 10.1. The highest BCUT2D eigenvalue weighted by Gasteiger charge is 1.85. The SMILES string of the molecule is [c]1ccccc1/C=C/c1[c]cccc1. The molecule has 0 aliphatic rings. The molecule has 0 saturated heterocycles. The highest BCUT2D eigenvalue weighted by atomic mass is 13.9. The van der Waals surface area contributed by atoms with E-state index in [-0.39, 0.29) is 0 Å². The molecule has 66 valence electrons. The van der Waals surface area contributed by atoms with Crippen LogP contribution in [0, 0.1) is 12.1 Å². The molecule has 2 aromatic carbocycles. The second-order valence-electron chi connectivity index (χ2n) is 2.97. The van der Waals surface area contributed by atoms with Gasteiger partial charge in [-0.05, 0) is 23.3 Å². The maximum absolute atomic E-state index is 3.14. The van der Waals surface area contributed by atoms with E-state index in [1.54, 1.807) is 0 Å². The fraction of sp³-hybridized carbons (Fsp3) is 0. The summed E-state index contributed by atoms with van der Waals surface area (Å²) in [5, 5.41) is 0. The van der Waals surface area contributed by atoms with E-state index in [1.165, 1.54) is 0 Å². The molecule has 0 nitrogen and oxygen atoms in total. The molecule has 0 aliphatic heterocycles. The molecule has 0 N–H and O–H groups in total. The summed E-state index contributed by atoms with van der Waals surface area (Å²) in [6, 6.07) is 22.1. The molecule has 0 atom stereocenters. The first-order chi connectivity index (χ1) is 6.95. The van der Waals surface area contributed by atoms with Gasteiger partial charge in [0.15, 0.2) is 0 Å². The third kappa shape index (κ3) is 2.33. The third-order valence-electron chi connectivity index (χ3n) is 1.91. The molecule has 0 spiro atoms. The molecular formula is C14H10. The number of hydrogen-bond donors (Lipinski definition) is 0. The molecule has 0 bridgehead atoms. The van der Waals surface area contributed by atoms with Crippen molar-refractivity contribution in [2.75, 3.05) is 0 Å². The van der Waals surface area contributed by atoms with Crippen LogP contribution in [-0.4, -0.2) is 0 Å². The number of hydrogen-bond acceptors (Lipinski definition) is 0. The van der Waals surface area contributed by atoms with Gasteiger partial charge in [0, 0.05) is 0 Å². The van der Waals surface area contributed by atoms with Gasteiger partial charge in [-0.3, -0.25) is 0 Å². The van der Waals surface area contributed by atoms with E-state index in [1.807, 2.05) is 60.7 Å². The van der Waals surface area contributed by atoms with Gasteiger partial charge in [0.2, 0.25) is 0 Å². The van der Waals surface area contributed by atoms with Crippen LogP contribution in [0.5, 0.6) is 0 Å². The minimum absolute atomic E-state index is 1.09. The van der Waals surface area contributed by atoms with Crippen LogP contribution in [0.3, 0.4) is 0 Å². The normalized spacial score (nSPS) is 10.6. The second kappa shape index (κ2) is 4.43. The predicted molar refractivity (Wildman–Crippen MR) is 59.5 cm³/mol. The molecule has 14 heavy (non-hydrogen) atoms. The van der Waals surface area contributed by atoms with Crippen LogP contribution in [-0.2, 0) is 0 Å². The van der Waals surface area contributed by atoms with Crippen LogP contribution < -0.4 is 0 Å². The second-order valence-corrected chi connectivity index (χ2v) is 2.97. The minimum Gasteiger partial charge on any atom is -0.0616 e. The maximum Gasteiger partial charge on any atom is -0.0105 e. The smallest absolute Gasteiger partial charge is 0.0105 e. The fourth-order valence-electron chi connectivity index (χ4n) is 1.20. The van der Waals surface area contributed by atoms with Gasteiger partial charge < -0.3 is 0 Å². The molecular weight excluding hydrogens is 168 g/mol. The maximum atomic E-state index is 3.14. The molecule has 2 radical (unpaired) electrons. The predicted octanol–water partition coefficient (Wildman–Crippen LogP) is 3.46. The Hall–Kier alpha value is -1.82. The van der Waals surface area contributed by atoms with Gasteiger partial charge >= 0.3 is 0 Å². The Morgan fingerprint density at radius 2 is 1.21 bits per heavy atom. The first kappa shape index (κ1) is 8.76. The van der Waals surface area contributed by atoms with E-state index < -0.39 is 0 Å².